The van der Waals surface area contributed by atoms with E-state index in [1.54, 1.807) is 4.90 Å². The fourth-order valence-electron chi connectivity index (χ4n) is 2.76. The largest absolute Gasteiger partial charge is 0.494 e. The molecule has 1 saturated carbocycles. The Balaban J connectivity index is 0.00000220. The first-order valence-corrected chi connectivity index (χ1v) is 7.32. The van der Waals surface area contributed by atoms with E-state index >= 15 is 0 Å². The number of carbonyl (C=O) groups excluding carboxylic acids is 1. The molecular weight excluding hydrogens is 288 g/mol. The zero-order valence-electron chi connectivity index (χ0n) is 12.7. The standard InChI is InChI=1S/C16H24N2O2.ClH/c1-3-20-15-8-4-12(5-9-15)11-18(2)16(19)13-6-7-14(17)10-13;/h4-5,8-9,13-14H,3,6-7,10-11,17H2,1-2H3;1H. The number of halogens is 1. The van der Waals surface area contributed by atoms with E-state index in [9.17, 15) is 4.79 Å². The molecule has 0 aliphatic heterocycles. The van der Waals surface area contributed by atoms with Gasteiger partial charge in [-0.15, -0.1) is 12.4 Å². The summed E-state index contributed by atoms with van der Waals surface area (Å²) >= 11 is 0. The van der Waals surface area contributed by atoms with Crippen molar-refractivity contribution >= 4 is 18.3 Å². The Bertz CT molecular complexity index is 450. The molecule has 4 nitrogen and oxygen atoms in total. The predicted molar refractivity (Wildman–Crippen MR) is 86.6 cm³/mol. The van der Waals surface area contributed by atoms with E-state index in [-0.39, 0.29) is 30.3 Å². The second kappa shape index (κ2) is 8.25. The molecule has 21 heavy (non-hydrogen) atoms. The first-order valence-electron chi connectivity index (χ1n) is 7.32. The van der Waals surface area contributed by atoms with Crippen LogP contribution in [0.2, 0.25) is 0 Å². The van der Waals surface area contributed by atoms with E-state index in [0.29, 0.717) is 13.2 Å². The quantitative estimate of drug-likeness (QED) is 0.909. The second-order valence-electron chi connectivity index (χ2n) is 5.54. The first kappa shape index (κ1) is 17.8. The molecule has 0 bridgehead atoms. The normalized spacial score (nSPS) is 20.7. The van der Waals surface area contributed by atoms with E-state index in [1.165, 1.54) is 0 Å². The number of ether oxygens (including phenoxy) is 1. The van der Waals surface area contributed by atoms with Gasteiger partial charge in [0, 0.05) is 25.6 Å². The second-order valence-corrected chi connectivity index (χ2v) is 5.54. The van der Waals surface area contributed by atoms with Crippen molar-refractivity contribution in [1.29, 1.82) is 0 Å². The van der Waals surface area contributed by atoms with Gasteiger partial charge >= 0.3 is 0 Å². The Kier molecular flexibility index (Phi) is 6.99. The number of amides is 1. The van der Waals surface area contributed by atoms with Gasteiger partial charge in [0.2, 0.25) is 5.91 Å². The van der Waals surface area contributed by atoms with Crippen LogP contribution < -0.4 is 10.5 Å². The van der Waals surface area contributed by atoms with Gasteiger partial charge in [0.1, 0.15) is 5.75 Å². The lowest BCUT2D eigenvalue weighted by atomic mass is 10.1. The summed E-state index contributed by atoms with van der Waals surface area (Å²) in [6, 6.07) is 8.11. The number of benzene rings is 1. The van der Waals surface area contributed by atoms with Crippen LogP contribution in [0.25, 0.3) is 0 Å². The molecule has 0 spiro atoms. The fraction of sp³-hybridized carbons (Fsp3) is 0.562. The smallest absolute Gasteiger partial charge is 0.225 e. The molecule has 0 heterocycles. The third kappa shape index (κ3) is 4.90. The van der Waals surface area contributed by atoms with E-state index in [2.05, 4.69) is 0 Å². The SMILES string of the molecule is CCOc1ccc(CN(C)C(=O)C2CCC(N)C2)cc1.Cl. The summed E-state index contributed by atoms with van der Waals surface area (Å²) in [5.74, 6) is 1.19. The average molecular weight is 313 g/mol. The highest BCUT2D eigenvalue weighted by atomic mass is 35.5. The highest BCUT2D eigenvalue weighted by Crippen LogP contribution is 2.26. The number of nitrogens with two attached hydrogens (primary N) is 1. The molecule has 1 aromatic rings. The van der Waals surface area contributed by atoms with E-state index in [1.807, 2.05) is 38.2 Å². The molecule has 0 radical (unpaired) electrons. The molecule has 0 saturated heterocycles. The molecule has 1 fully saturated rings. The van der Waals surface area contributed by atoms with Crippen molar-refractivity contribution in [2.24, 2.45) is 11.7 Å². The van der Waals surface area contributed by atoms with Gasteiger partial charge in [-0.1, -0.05) is 12.1 Å². The maximum Gasteiger partial charge on any atom is 0.225 e. The molecule has 2 unspecified atom stereocenters. The van der Waals surface area contributed by atoms with Crippen LogP contribution in [0, 0.1) is 5.92 Å². The van der Waals surface area contributed by atoms with Crippen LogP contribution in [0.3, 0.4) is 0 Å². The van der Waals surface area contributed by atoms with Crippen molar-refractivity contribution in [3.8, 4) is 5.75 Å². The fourth-order valence-corrected chi connectivity index (χ4v) is 2.76. The van der Waals surface area contributed by atoms with Gasteiger partial charge in [0.25, 0.3) is 0 Å². The third-order valence-electron chi connectivity index (χ3n) is 3.85. The molecular formula is C16H25ClN2O2. The number of rotatable bonds is 5. The van der Waals surface area contributed by atoms with Gasteiger partial charge in [-0.05, 0) is 43.9 Å². The minimum absolute atomic E-state index is 0. The van der Waals surface area contributed by atoms with Crippen LogP contribution in [0.5, 0.6) is 5.75 Å². The molecule has 2 N–H and O–H groups in total. The molecule has 1 aliphatic carbocycles. The summed E-state index contributed by atoms with van der Waals surface area (Å²) in [5.41, 5.74) is 6.99. The molecule has 118 valence electrons. The van der Waals surface area contributed by atoms with Crippen LogP contribution in [0.1, 0.15) is 31.7 Å². The van der Waals surface area contributed by atoms with Crippen molar-refractivity contribution in [2.75, 3.05) is 13.7 Å². The molecule has 1 aromatic carbocycles. The van der Waals surface area contributed by atoms with Crippen molar-refractivity contribution < 1.29 is 9.53 Å². The van der Waals surface area contributed by atoms with Gasteiger partial charge in [0.05, 0.1) is 6.61 Å². The minimum atomic E-state index is 0. The number of carbonyl (C=O) groups is 1. The molecule has 1 aliphatic rings. The topological polar surface area (TPSA) is 55.6 Å². The van der Waals surface area contributed by atoms with Gasteiger partial charge in [0.15, 0.2) is 0 Å². The maximum atomic E-state index is 12.3. The van der Waals surface area contributed by atoms with Crippen LogP contribution in [0.4, 0.5) is 0 Å². The Morgan fingerprint density at radius 2 is 2.00 bits per heavy atom. The Hall–Kier alpha value is -1.26. The lowest BCUT2D eigenvalue weighted by Gasteiger charge is -2.21. The summed E-state index contributed by atoms with van der Waals surface area (Å²) < 4.78 is 5.41. The lowest BCUT2D eigenvalue weighted by Crippen LogP contribution is -2.32. The van der Waals surface area contributed by atoms with Crippen LogP contribution in [-0.2, 0) is 11.3 Å². The highest BCUT2D eigenvalue weighted by molar-refractivity contribution is 5.85. The zero-order chi connectivity index (χ0) is 14.5. The molecule has 2 rings (SSSR count). The summed E-state index contributed by atoms with van der Waals surface area (Å²) in [6.07, 6.45) is 2.72. The average Bonchev–Trinajstić information content (AvgIpc) is 2.87. The maximum absolute atomic E-state index is 12.3. The Morgan fingerprint density at radius 3 is 2.52 bits per heavy atom. The monoisotopic (exact) mass is 312 g/mol. The highest BCUT2D eigenvalue weighted by Gasteiger charge is 2.29. The van der Waals surface area contributed by atoms with E-state index in [0.717, 1.165) is 30.6 Å². The van der Waals surface area contributed by atoms with Crippen molar-refractivity contribution in [2.45, 2.75) is 38.8 Å². The Morgan fingerprint density at radius 1 is 1.33 bits per heavy atom. The third-order valence-corrected chi connectivity index (χ3v) is 3.85. The number of hydrogen-bond acceptors (Lipinski definition) is 3. The van der Waals surface area contributed by atoms with Gasteiger partial charge < -0.3 is 15.4 Å². The molecule has 0 aromatic heterocycles. The first-order chi connectivity index (χ1) is 9.60. The van der Waals surface area contributed by atoms with Gasteiger partial charge in [-0.25, -0.2) is 0 Å². The van der Waals surface area contributed by atoms with Crippen LogP contribution in [0.15, 0.2) is 24.3 Å². The predicted octanol–water partition coefficient (Wildman–Crippen LogP) is 2.59. The number of nitrogens with zero attached hydrogens (tertiary/aromatic N) is 1. The summed E-state index contributed by atoms with van der Waals surface area (Å²) in [6.45, 7) is 3.27. The summed E-state index contributed by atoms with van der Waals surface area (Å²) in [4.78, 5) is 14.1. The van der Waals surface area contributed by atoms with E-state index in [4.69, 9.17) is 10.5 Å². The molecule has 5 heteroatoms. The Labute approximate surface area is 133 Å². The lowest BCUT2D eigenvalue weighted by molar-refractivity contribution is -0.134. The van der Waals surface area contributed by atoms with Gasteiger partial charge in [-0.3, -0.25) is 4.79 Å². The van der Waals surface area contributed by atoms with Crippen LogP contribution in [-0.4, -0.2) is 30.5 Å². The molecule has 1 amide bonds. The minimum Gasteiger partial charge on any atom is -0.494 e. The van der Waals surface area contributed by atoms with Crippen molar-refractivity contribution in [1.82, 2.24) is 4.90 Å². The summed E-state index contributed by atoms with van der Waals surface area (Å²) in [5, 5.41) is 0. The van der Waals surface area contributed by atoms with Crippen molar-refractivity contribution in [3.05, 3.63) is 29.8 Å². The van der Waals surface area contributed by atoms with Crippen LogP contribution >= 0.6 is 12.4 Å². The van der Waals surface area contributed by atoms with Crippen molar-refractivity contribution in [3.63, 3.8) is 0 Å². The zero-order valence-corrected chi connectivity index (χ0v) is 13.6. The van der Waals surface area contributed by atoms with E-state index < -0.39 is 0 Å². The number of hydrogen-bond donors (Lipinski definition) is 1. The van der Waals surface area contributed by atoms with Gasteiger partial charge in [-0.2, -0.15) is 0 Å². The summed E-state index contributed by atoms with van der Waals surface area (Å²) in [7, 11) is 1.86. The molecule has 2 atom stereocenters.